The summed E-state index contributed by atoms with van der Waals surface area (Å²) in [6, 6.07) is 25.4. The number of amides is 1. The highest BCUT2D eigenvalue weighted by atomic mass is 16.5. The van der Waals surface area contributed by atoms with Crippen molar-refractivity contribution in [2.75, 3.05) is 20.8 Å². The Morgan fingerprint density at radius 2 is 1.46 bits per heavy atom. The molecule has 28 heavy (non-hydrogen) atoms. The Hall–Kier alpha value is -3.27. The van der Waals surface area contributed by atoms with Crippen LogP contribution in [0.15, 0.2) is 78.9 Å². The van der Waals surface area contributed by atoms with Crippen LogP contribution in [0, 0.1) is 0 Å². The van der Waals surface area contributed by atoms with Crippen molar-refractivity contribution in [3.8, 4) is 11.5 Å². The van der Waals surface area contributed by atoms with Gasteiger partial charge in [0.1, 0.15) is 11.5 Å². The summed E-state index contributed by atoms with van der Waals surface area (Å²) in [4.78, 5) is 13.0. The molecule has 3 rings (SSSR count). The van der Waals surface area contributed by atoms with E-state index in [9.17, 15) is 4.79 Å². The standard InChI is InChI=1S/C24H25NO3/c1-27-21-13-14-22(28-2)20(17-21)15-16-25-24(26)23(18-9-5-3-6-10-18)19-11-7-4-8-12-19/h3-14,17,23H,15-16H2,1-2H3,(H,25,26). The van der Waals surface area contributed by atoms with E-state index in [0.717, 1.165) is 28.2 Å². The van der Waals surface area contributed by atoms with Crippen molar-refractivity contribution in [3.05, 3.63) is 95.6 Å². The summed E-state index contributed by atoms with van der Waals surface area (Å²) in [6.07, 6.45) is 0.655. The van der Waals surface area contributed by atoms with Gasteiger partial charge in [-0.05, 0) is 41.3 Å². The van der Waals surface area contributed by atoms with Crippen LogP contribution in [0.2, 0.25) is 0 Å². The van der Waals surface area contributed by atoms with E-state index in [2.05, 4.69) is 5.32 Å². The highest BCUT2D eigenvalue weighted by molar-refractivity contribution is 5.87. The second kappa shape index (κ2) is 9.60. The number of hydrogen-bond acceptors (Lipinski definition) is 3. The molecule has 0 saturated heterocycles. The first-order valence-electron chi connectivity index (χ1n) is 9.31. The van der Waals surface area contributed by atoms with Gasteiger partial charge >= 0.3 is 0 Å². The summed E-state index contributed by atoms with van der Waals surface area (Å²) >= 11 is 0. The van der Waals surface area contributed by atoms with Crippen LogP contribution in [0.5, 0.6) is 11.5 Å². The minimum atomic E-state index is -0.338. The average Bonchev–Trinajstić information content (AvgIpc) is 2.75. The molecule has 0 aromatic heterocycles. The lowest BCUT2D eigenvalue weighted by Gasteiger charge is -2.18. The second-order valence-electron chi connectivity index (χ2n) is 6.47. The van der Waals surface area contributed by atoms with Crippen LogP contribution in [0.1, 0.15) is 22.6 Å². The molecule has 144 valence electrons. The number of benzene rings is 3. The summed E-state index contributed by atoms with van der Waals surface area (Å²) in [5, 5.41) is 3.08. The Morgan fingerprint density at radius 1 is 0.857 bits per heavy atom. The molecule has 0 atom stereocenters. The fourth-order valence-electron chi connectivity index (χ4n) is 3.29. The van der Waals surface area contributed by atoms with Crippen LogP contribution in [-0.4, -0.2) is 26.7 Å². The maximum atomic E-state index is 13.0. The van der Waals surface area contributed by atoms with Gasteiger partial charge in [0.2, 0.25) is 5.91 Å². The van der Waals surface area contributed by atoms with E-state index in [1.807, 2.05) is 78.9 Å². The zero-order valence-electron chi connectivity index (χ0n) is 16.2. The Labute approximate surface area is 166 Å². The first-order chi connectivity index (χ1) is 13.7. The molecule has 3 aromatic carbocycles. The molecule has 0 aliphatic carbocycles. The van der Waals surface area contributed by atoms with E-state index < -0.39 is 0 Å². The molecule has 0 bridgehead atoms. The Kier molecular flexibility index (Phi) is 6.68. The van der Waals surface area contributed by atoms with Crippen LogP contribution in [-0.2, 0) is 11.2 Å². The lowest BCUT2D eigenvalue weighted by atomic mass is 9.90. The number of methoxy groups -OCH3 is 2. The summed E-state index contributed by atoms with van der Waals surface area (Å²) in [5.41, 5.74) is 2.95. The molecule has 0 radical (unpaired) electrons. The smallest absolute Gasteiger partial charge is 0.232 e. The van der Waals surface area contributed by atoms with Gasteiger partial charge in [-0.2, -0.15) is 0 Å². The molecule has 0 aliphatic heterocycles. The van der Waals surface area contributed by atoms with Crippen LogP contribution >= 0.6 is 0 Å². The zero-order valence-corrected chi connectivity index (χ0v) is 16.2. The number of ether oxygens (including phenoxy) is 2. The molecule has 3 aromatic rings. The third-order valence-corrected chi connectivity index (χ3v) is 4.71. The van der Waals surface area contributed by atoms with Crippen molar-refractivity contribution in [2.24, 2.45) is 0 Å². The van der Waals surface area contributed by atoms with E-state index in [4.69, 9.17) is 9.47 Å². The van der Waals surface area contributed by atoms with E-state index in [1.165, 1.54) is 0 Å². The van der Waals surface area contributed by atoms with Gasteiger partial charge in [-0.1, -0.05) is 60.7 Å². The molecule has 0 aliphatic rings. The Balaban J connectivity index is 1.73. The first-order valence-corrected chi connectivity index (χ1v) is 9.31. The Morgan fingerprint density at radius 3 is 2.00 bits per heavy atom. The van der Waals surface area contributed by atoms with Crippen molar-refractivity contribution in [1.82, 2.24) is 5.32 Å². The van der Waals surface area contributed by atoms with Gasteiger partial charge in [0.05, 0.1) is 20.1 Å². The monoisotopic (exact) mass is 375 g/mol. The lowest BCUT2D eigenvalue weighted by molar-refractivity contribution is -0.121. The van der Waals surface area contributed by atoms with Gasteiger partial charge in [0.25, 0.3) is 0 Å². The normalized spacial score (nSPS) is 10.5. The van der Waals surface area contributed by atoms with Crippen LogP contribution in [0.25, 0.3) is 0 Å². The minimum Gasteiger partial charge on any atom is -0.497 e. The predicted molar refractivity (Wildman–Crippen MR) is 111 cm³/mol. The predicted octanol–water partition coefficient (Wildman–Crippen LogP) is 4.19. The number of hydrogen-bond donors (Lipinski definition) is 1. The highest BCUT2D eigenvalue weighted by Crippen LogP contribution is 2.26. The van der Waals surface area contributed by atoms with Gasteiger partial charge in [-0.3, -0.25) is 4.79 Å². The molecule has 4 heteroatoms. The molecular formula is C24H25NO3. The summed E-state index contributed by atoms with van der Waals surface area (Å²) in [6.45, 7) is 0.512. The van der Waals surface area contributed by atoms with Gasteiger partial charge in [0, 0.05) is 6.54 Å². The number of nitrogens with one attached hydrogen (secondary N) is 1. The van der Waals surface area contributed by atoms with E-state index in [0.29, 0.717) is 13.0 Å². The molecule has 0 saturated carbocycles. The van der Waals surface area contributed by atoms with Crippen LogP contribution in [0.3, 0.4) is 0 Å². The number of carbonyl (C=O) groups is 1. The van der Waals surface area contributed by atoms with Gasteiger partial charge < -0.3 is 14.8 Å². The van der Waals surface area contributed by atoms with Crippen molar-refractivity contribution < 1.29 is 14.3 Å². The Bertz CT molecular complexity index is 855. The second-order valence-corrected chi connectivity index (χ2v) is 6.47. The first kappa shape index (κ1) is 19.5. The largest absolute Gasteiger partial charge is 0.497 e. The molecule has 0 unspecified atom stereocenters. The fourth-order valence-corrected chi connectivity index (χ4v) is 3.29. The average molecular weight is 375 g/mol. The molecular weight excluding hydrogens is 350 g/mol. The third kappa shape index (κ3) is 4.71. The van der Waals surface area contributed by atoms with Crippen LogP contribution in [0.4, 0.5) is 0 Å². The van der Waals surface area contributed by atoms with E-state index >= 15 is 0 Å². The lowest BCUT2D eigenvalue weighted by Crippen LogP contribution is -2.31. The van der Waals surface area contributed by atoms with Gasteiger partial charge in [-0.25, -0.2) is 0 Å². The molecule has 4 nitrogen and oxygen atoms in total. The maximum Gasteiger partial charge on any atom is 0.232 e. The summed E-state index contributed by atoms with van der Waals surface area (Å²) in [7, 11) is 3.28. The van der Waals surface area contributed by atoms with Gasteiger partial charge in [0.15, 0.2) is 0 Å². The van der Waals surface area contributed by atoms with Crippen molar-refractivity contribution >= 4 is 5.91 Å². The molecule has 0 heterocycles. The molecule has 1 N–H and O–H groups in total. The van der Waals surface area contributed by atoms with Crippen molar-refractivity contribution in [2.45, 2.75) is 12.3 Å². The summed E-state index contributed by atoms with van der Waals surface area (Å²) < 4.78 is 10.7. The van der Waals surface area contributed by atoms with E-state index in [-0.39, 0.29) is 11.8 Å². The third-order valence-electron chi connectivity index (χ3n) is 4.71. The highest BCUT2D eigenvalue weighted by Gasteiger charge is 2.22. The zero-order chi connectivity index (χ0) is 19.8. The maximum absolute atomic E-state index is 13.0. The fraction of sp³-hybridized carbons (Fsp3) is 0.208. The van der Waals surface area contributed by atoms with E-state index in [1.54, 1.807) is 14.2 Å². The topological polar surface area (TPSA) is 47.6 Å². The number of rotatable bonds is 8. The molecule has 1 amide bonds. The quantitative estimate of drug-likeness (QED) is 0.642. The molecule has 0 fully saturated rings. The number of carbonyl (C=O) groups excluding carboxylic acids is 1. The SMILES string of the molecule is COc1ccc(OC)c(CCNC(=O)C(c2ccccc2)c2ccccc2)c1. The van der Waals surface area contributed by atoms with Crippen molar-refractivity contribution in [3.63, 3.8) is 0 Å². The van der Waals surface area contributed by atoms with Gasteiger partial charge in [-0.15, -0.1) is 0 Å². The van der Waals surface area contributed by atoms with Crippen LogP contribution < -0.4 is 14.8 Å². The summed E-state index contributed by atoms with van der Waals surface area (Å²) in [5.74, 6) is 1.21. The van der Waals surface area contributed by atoms with Crippen molar-refractivity contribution in [1.29, 1.82) is 0 Å². The molecule has 0 spiro atoms. The minimum absolute atomic E-state index is 0.0146.